The zero-order valence-electron chi connectivity index (χ0n) is 18.6. The highest BCUT2D eigenvalue weighted by Gasteiger charge is 2.60. The van der Waals surface area contributed by atoms with Crippen LogP contribution in [-0.4, -0.2) is 27.7 Å². The van der Waals surface area contributed by atoms with E-state index in [0.29, 0.717) is 22.9 Å². The number of fused-ring (bicyclic) bond motifs is 5. The van der Waals surface area contributed by atoms with Crippen LogP contribution in [0.5, 0.6) is 0 Å². The second-order valence-electron chi connectivity index (χ2n) is 11.2. The molecular weight excluding hydrogens is 390 g/mol. The lowest BCUT2D eigenvalue weighted by Gasteiger charge is -2.60. The molecule has 1 N–H and O–H groups in total. The van der Waals surface area contributed by atoms with E-state index < -0.39 is 0 Å². The van der Waals surface area contributed by atoms with Gasteiger partial charge in [-0.2, -0.15) is 0 Å². The molecule has 2 unspecified atom stereocenters. The largest absolute Gasteiger partial charge is 0.393 e. The lowest BCUT2D eigenvalue weighted by Crippen LogP contribution is -2.54. The fourth-order valence-corrected chi connectivity index (χ4v) is 9.28. The number of aromatic nitrogens is 1. The topological polar surface area (TPSA) is 50.2 Å². The predicted molar refractivity (Wildman–Crippen MR) is 121 cm³/mol. The summed E-state index contributed by atoms with van der Waals surface area (Å²) in [6.45, 7) is 5.01. The van der Waals surface area contributed by atoms with Crippen molar-refractivity contribution in [1.82, 2.24) is 4.98 Å². The number of Topliss-reactive ketones (excluding diaryl/α,β-unsaturated/α-hetero) is 1. The van der Waals surface area contributed by atoms with Crippen molar-refractivity contribution in [3.05, 3.63) is 24.5 Å². The zero-order chi connectivity index (χ0) is 20.9. The maximum absolute atomic E-state index is 13.3. The molecule has 4 aliphatic rings. The summed E-state index contributed by atoms with van der Waals surface area (Å²) in [4.78, 5) is 18.5. The molecule has 4 heteroatoms. The van der Waals surface area contributed by atoms with Gasteiger partial charge in [-0.25, -0.2) is 0 Å². The zero-order valence-corrected chi connectivity index (χ0v) is 19.4. The summed E-state index contributed by atoms with van der Waals surface area (Å²) >= 11 is 1.68. The number of hydrogen-bond acceptors (Lipinski definition) is 4. The fraction of sp³-hybridized carbons (Fsp3) is 0.769. The second kappa shape index (κ2) is 7.92. The first-order valence-electron chi connectivity index (χ1n) is 12.2. The van der Waals surface area contributed by atoms with E-state index in [-0.39, 0.29) is 17.4 Å². The van der Waals surface area contributed by atoms with Crippen LogP contribution in [0.4, 0.5) is 0 Å². The Morgan fingerprint density at radius 1 is 1.03 bits per heavy atom. The maximum atomic E-state index is 13.3. The second-order valence-corrected chi connectivity index (χ2v) is 12.2. The van der Waals surface area contributed by atoms with Gasteiger partial charge < -0.3 is 5.11 Å². The van der Waals surface area contributed by atoms with Crippen LogP contribution in [0, 0.1) is 40.4 Å². The molecule has 0 radical (unpaired) electrons. The molecule has 0 saturated heterocycles. The normalized spacial score (nSPS) is 45.3. The Morgan fingerprint density at radius 2 is 1.77 bits per heavy atom. The molecule has 164 valence electrons. The van der Waals surface area contributed by atoms with Gasteiger partial charge in [-0.05, 0) is 104 Å². The van der Waals surface area contributed by atoms with Crippen molar-refractivity contribution in [3.63, 3.8) is 0 Å². The van der Waals surface area contributed by atoms with Crippen LogP contribution in [-0.2, 0) is 4.79 Å². The summed E-state index contributed by atoms with van der Waals surface area (Å²) in [6, 6.07) is 4.01. The standard InChI is InChI=1S/C26H37NO2S/c1-25-11-7-18(28)15-17(25)3-4-20-21-5-6-23(26(21,2)12-8-22(20)25)24(29)16-30-19-9-13-27-14-10-19/h9-10,13-14,17-18,20-23,28H,3-8,11-12,15-16H2,1-2H3/t17?,18?,20-,21-,22-,23+,25-,26-/m0/s1. The summed E-state index contributed by atoms with van der Waals surface area (Å²) in [5.41, 5.74) is 0.622. The molecule has 1 aromatic heterocycles. The van der Waals surface area contributed by atoms with Gasteiger partial charge >= 0.3 is 0 Å². The van der Waals surface area contributed by atoms with Crippen LogP contribution >= 0.6 is 11.8 Å². The molecule has 0 spiro atoms. The molecule has 0 bridgehead atoms. The minimum Gasteiger partial charge on any atom is -0.393 e. The first-order chi connectivity index (χ1) is 14.4. The van der Waals surface area contributed by atoms with E-state index in [1.54, 1.807) is 11.8 Å². The quantitative estimate of drug-likeness (QED) is 0.620. The highest BCUT2D eigenvalue weighted by Crippen LogP contribution is 2.67. The Kier molecular flexibility index (Phi) is 5.54. The van der Waals surface area contributed by atoms with Gasteiger partial charge in [-0.3, -0.25) is 9.78 Å². The number of carbonyl (C=O) groups excluding carboxylic acids is 1. The summed E-state index contributed by atoms with van der Waals surface area (Å²) in [5.74, 6) is 4.36. The molecule has 3 nitrogen and oxygen atoms in total. The molecule has 1 aromatic rings. The van der Waals surface area contributed by atoms with Crippen molar-refractivity contribution in [1.29, 1.82) is 0 Å². The first-order valence-corrected chi connectivity index (χ1v) is 13.1. The van der Waals surface area contributed by atoms with Gasteiger partial charge in [0.1, 0.15) is 5.78 Å². The van der Waals surface area contributed by atoms with Crippen LogP contribution in [0.25, 0.3) is 0 Å². The highest BCUT2D eigenvalue weighted by molar-refractivity contribution is 8.00. The van der Waals surface area contributed by atoms with Gasteiger partial charge in [0, 0.05) is 23.2 Å². The number of hydrogen-bond donors (Lipinski definition) is 1. The van der Waals surface area contributed by atoms with E-state index in [4.69, 9.17) is 0 Å². The molecule has 4 saturated carbocycles. The average molecular weight is 428 g/mol. The lowest BCUT2D eigenvalue weighted by molar-refractivity contribution is -0.138. The van der Waals surface area contributed by atoms with Gasteiger partial charge in [0.05, 0.1) is 11.9 Å². The van der Waals surface area contributed by atoms with Gasteiger partial charge in [0.2, 0.25) is 0 Å². The third kappa shape index (κ3) is 3.37. The molecule has 1 heterocycles. The number of rotatable bonds is 4. The smallest absolute Gasteiger partial charge is 0.146 e. The van der Waals surface area contributed by atoms with Crippen molar-refractivity contribution in [2.75, 3.05) is 5.75 Å². The van der Waals surface area contributed by atoms with Crippen LogP contribution < -0.4 is 0 Å². The van der Waals surface area contributed by atoms with E-state index in [0.717, 1.165) is 41.9 Å². The monoisotopic (exact) mass is 427 g/mol. The molecule has 8 atom stereocenters. The molecule has 30 heavy (non-hydrogen) atoms. The van der Waals surface area contributed by atoms with Gasteiger partial charge in [-0.1, -0.05) is 13.8 Å². The summed E-state index contributed by atoms with van der Waals surface area (Å²) in [7, 11) is 0. The van der Waals surface area contributed by atoms with Gasteiger partial charge in [-0.15, -0.1) is 11.8 Å². The predicted octanol–water partition coefficient (Wildman–Crippen LogP) is 5.76. The molecular formula is C26H37NO2S. The van der Waals surface area contributed by atoms with E-state index in [1.807, 2.05) is 24.5 Å². The number of nitrogens with zero attached hydrogens (tertiary/aromatic N) is 1. The highest BCUT2D eigenvalue weighted by atomic mass is 32.2. The van der Waals surface area contributed by atoms with E-state index >= 15 is 0 Å². The van der Waals surface area contributed by atoms with Crippen molar-refractivity contribution in [3.8, 4) is 0 Å². The van der Waals surface area contributed by atoms with E-state index in [2.05, 4.69) is 18.8 Å². The van der Waals surface area contributed by atoms with Gasteiger partial charge in [0.25, 0.3) is 0 Å². The Bertz CT molecular complexity index is 784. The van der Waals surface area contributed by atoms with Crippen molar-refractivity contribution in [2.24, 2.45) is 40.4 Å². The Labute approximate surface area is 185 Å². The Balaban J connectivity index is 1.30. The van der Waals surface area contributed by atoms with Crippen molar-refractivity contribution < 1.29 is 9.90 Å². The SMILES string of the molecule is C[C@]12CC[C@H]3[C@@H](CCC4CC(O)CC[C@@]43C)[C@@H]1CC[C@@H]2C(=O)CSc1ccncc1. The molecule has 4 fully saturated rings. The van der Waals surface area contributed by atoms with Crippen LogP contribution in [0.15, 0.2) is 29.4 Å². The third-order valence-corrected chi connectivity index (χ3v) is 11.1. The number of carbonyl (C=O) groups is 1. The van der Waals surface area contributed by atoms with Crippen LogP contribution in [0.2, 0.25) is 0 Å². The minimum absolute atomic E-state index is 0.0696. The van der Waals surface area contributed by atoms with E-state index in [1.165, 1.54) is 38.5 Å². The third-order valence-electron chi connectivity index (χ3n) is 10.1. The molecule has 5 rings (SSSR count). The first kappa shape index (κ1) is 21.0. The van der Waals surface area contributed by atoms with Crippen LogP contribution in [0.1, 0.15) is 71.6 Å². The van der Waals surface area contributed by atoms with Crippen molar-refractivity contribution in [2.45, 2.75) is 82.6 Å². The van der Waals surface area contributed by atoms with Crippen molar-refractivity contribution >= 4 is 17.5 Å². The molecule has 0 aromatic carbocycles. The fourth-order valence-electron chi connectivity index (χ4n) is 8.45. The molecule has 4 aliphatic carbocycles. The number of aliphatic hydroxyl groups is 1. The Morgan fingerprint density at radius 3 is 2.57 bits per heavy atom. The number of aliphatic hydroxyl groups excluding tert-OH is 1. The maximum Gasteiger partial charge on any atom is 0.146 e. The van der Waals surface area contributed by atoms with Crippen LogP contribution in [0.3, 0.4) is 0 Å². The average Bonchev–Trinajstić information content (AvgIpc) is 3.10. The van der Waals surface area contributed by atoms with E-state index in [9.17, 15) is 9.90 Å². The Hall–Kier alpha value is -0.870. The number of thioether (sulfide) groups is 1. The van der Waals surface area contributed by atoms with Gasteiger partial charge in [0.15, 0.2) is 0 Å². The minimum atomic E-state index is -0.0696. The molecule has 0 amide bonds. The number of pyridine rings is 1. The molecule has 0 aliphatic heterocycles. The summed E-state index contributed by atoms with van der Waals surface area (Å²) in [6.07, 6.45) is 14.2. The number of ketones is 1. The summed E-state index contributed by atoms with van der Waals surface area (Å²) < 4.78 is 0. The lowest BCUT2D eigenvalue weighted by atomic mass is 9.44. The summed E-state index contributed by atoms with van der Waals surface area (Å²) in [5, 5.41) is 10.2.